The van der Waals surface area contributed by atoms with Crippen molar-refractivity contribution >= 4 is 11.7 Å². The first-order valence-electron chi connectivity index (χ1n) is 6.10. The SMILES string of the molecule is CCOC(=O)/C(C=C(C)C)=N/NCCC(C)C. The molecule has 0 aliphatic heterocycles. The van der Waals surface area contributed by atoms with Gasteiger partial charge in [0.2, 0.25) is 0 Å². The van der Waals surface area contributed by atoms with Gasteiger partial charge in [-0.1, -0.05) is 19.4 Å². The van der Waals surface area contributed by atoms with E-state index in [9.17, 15) is 4.79 Å². The molecule has 98 valence electrons. The lowest BCUT2D eigenvalue weighted by molar-refractivity contribution is -0.134. The fraction of sp³-hybridized carbons (Fsp3) is 0.692. The van der Waals surface area contributed by atoms with Gasteiger partial charge in [0.25, 0.3) is 0 Å². The predicted octanol–water partition coefficient (Wildman–Crippen LogP) is 2.51. The van der Waals surface area contributed by atoms with Gasteiger partial charge in [-0.25, -0.2) is 4.79 Å². The molecule has 0 fully saturated rings. The lowest BCUT2D eigenvalue weighted by Crippen LogP contribution is -2.21. The molecule has 1 N–H and O–H groups in total. The molecule has 0 bridgehead atoms. The number of carbonyl (C=O) groups excluding carboxylic acids is 1. The Balaban J connectivity index is 4.42. The molecule has 0 aromatic carbocycles. The van der Waals surface area contributed by atoms with Crippen LogP contribution in [0.25, 0.3) is 0 Å². The van der Waals surface area contributed by atoms with E-state index in [1.165, 1.54) is 0 Å². The van der Waals surface area contributed by atoms with Crippen LogP contribution in [0.3, 0.4) is 0 Å². The van der Waals surface area contributed by atoms with E-state index in [1.807, 2.05) is 13.8 Å². The fourth-order valence-corrected chi connectivity index (χ4v) is 1.11. The van der Waals surface area contributed by atoms with E-state index in [0.717, 1.165) is 18.5 Å². The monoisotopic (exact) mass is 240 g/mol. The largest absolute Gasteiger partial charge is 0.461 e. The molecule has 0 heterocycles. The van der Waals surface area contributed by atoms with Gasteiger partial charge < -0.3 is 10.2 Å². The quantitative estimate of drug-likeness (QED) is 0.322. The number of esters is 1. The summed E-state index contributed by atoms with van der Waals surface area (Å²) in [5.74, 6) is 0.234. The van der Waals surface area contributed by atoms with Gasteiger partial charge >= 0.3 is 5.97 Å². The third-order valence-corrected chi connectivity index (χ3v) is 1.94. The zero-order valence-electron chi connectivity index (χ0n) is 11.5. The van der Waals surface area contributed by atoms with Gasteiger partial charge in [0.1, 0.15) is 0 Å². The molecular formula is C13H24N2O2. The van der Waals surface area contributed by atoms with Crippen LogP contribution in [0.1, 0.15) is 41.0 Å². The van der Waals surface area contributed by atoms with Crippen LogP contribution in [0.15, 0.2) is 16.8 Å². The first-order valence-corrected chi connectivity index (χ1v) is 6.10. The van der Waals surface area contributed by atoms with Crippen LogP contribution in [0.4, 0.5) is 0 Å². The van der Waals surface area contributed by atoms with Gasteiger partial charge in [-0.05, 0) is 39.2 Å². The second-order valence-electron chi connectivity index (χ2n) is 4.53. The van der Waals surface area contributed by atoms with E-state index in [2.05, 4.69) is 24.4 Å². The van der Waals surface area contributed by atoms with Crippen molar-refractivity contribution < 1.29 is 9.53 Å². The Labute approximate surface area is 104 Å². The smallest absolute Gasteiger partial charge is 0.358 e. The lowest BCUT2D eigenvalue weighted by atomic mass is 10.1. The standard InChI is InChI=1S/C13H24N2O2/c1-6-17-13(16)12(9-11(4)5)15-14-8-7-10(2)3/h9-10,14H,6-8H2,1-5H3/b15-12+. The number of carbonyl (C=O) groups is 1. The Bertz CT molecular complexity index is 290. The van der Waals surface area contributed by atoms with Crippen LogP contribution in [0.5, 0.6) is 0 Å². The molecule has 0 aromatic heterocycles. The summed E-state index contributed by atoms with van der Waals surface area (Å²) in [6, 6.07) is 0. The van der Waals surface area contributed by atoms with Crippen molar-refractivity contribution in [3.8, 4) is 0 Å². The zero-order valence-corrected chi connectivity index (χ0v) is 11.5. The summed E-state index contributed by atoms with van der Waals surface area (Å²) in [5.41, 5.74) is 4.25. The molecule has 0 aliphatic rings. The summed E-state index contributed by atoms with van der Waals surface area (Å²) in [7, 11) is 0. The third kappa shape index (κ3) is 8.48. The van der Waals surface area contributed by atoms with Crippen LogP contribution in [0.2, 0.25) is 0 Å². The molecule has 4 heteroatoms. The van der Waals surface area contributed by atoms with Crippen LogP contribution in [-0.4, -0.2) is 24.8 Å². The Morgan fingerprint density at radius 2 is 2.06 bits per heavy atom. The van der Waals surface area contributed by atoms with Gasteiger partial charge in [-0.3, -0.25) is 0 Å². The van der Waals surface area contributed by atoms with E-state index in [-0.39, 0.29) is 5.97 Å². The van der Waals surface area contributed by atoms with Crippen molar-refractivity contribution in [3.05, 3.63) is 11.6 Å². The summed E-state index contributed by atoms with van der Waals surface area (Å²) >= 11 is 0. The number of nitrogens with zero attached hydrogens (tertiary/aromatic N) is 1. The molecule has 0 saturated carbocycles. The van der Waals surface area contributed by atoms with Crippen LogP contribution < -0.4 is 5.43 Å². The van der Waals surface area contributed by atoms with Crippen molar-refractivity contribution in [3.63, 3.8) is 0 Å². The molecule has 0 amide bonds. The average molecular weight is 240 g/mol. The Morgan fingerprint density at radius 3 is 2.53 bits per heavy atom. The Hall–Kier alpha value is -1.32. The van der Waals surface area contributed by atoms with E-state index in [0.29, 0.717) is 18.2 Å². The van der Waals surface area contributed by atoms with Crippen molar-refractivity contribution in [2.75, 3.05) is 13.2 Å². The molecule has 0 rings (SSSR count). The minimum atomic E-state index is -0.384. The van der Waals surface area contributed by atoms with Crippen molar-refractivity contribution in [1.82, 2.24) is 5.43 Å². The molecule has 0 spiro atoms. The van der Waals surface area contributed by atoms with Crippen LogP contribution >= 0.6 is 0 Å². The summed E-state index contributed by atoms with van der Waals surface area (Å²) < 4.78 is 4.93. The normalized spacial score (nSPS) is 11.3. The van der Waals surface area contributed by atoms with Crippen molar-refractivity contribution in [1.29, 1.82) is 0 Å². The average Bonchev–Trinajstić information content (AvgIpc) is 2.22. The summed E-state index contributed by atoms with van der Waals surface area (Å²) in [4.78, 5) is 11.6. The second-order valence-corrected chi connectivity index (χ2v) is 4.53. The van der Waals surface area contributed by atoms with Gasteiger partial charge in [0, 0.05) is 6.54 Å². The predicted molar refractivity (Wildman–Crippen MR) is 71.0 cm³/mol. The molecule has 4 nitrogen and oxygen atoms in total. The fourth-order valence-electron chi connectivity index (χ4n) is 1.11. The summed E-state index contributed by atoms with van der Waals surface area (Å²) in [5, 5.41) is 4.07. The number of nitrogens with one attached hydrogen (secondary N) is 1. The van der Waals surface area contributed by atoms with Gasteiger partial charge in [-0.15, -0.1) is 0 Å². The highest BCUT2D eigenvalue weighted by molar-refractivity contribution is 6.41. The zero-order chi connectivity index (χ0) is 13.3. The van der Waals surface area contributed by atoms with Crippen LogP contribution in [0, 0.1) is 5.92 Å². The first-order chi connectivity index (χ1) is 7.97. The molecule has 0 radical (unpaired) electrons. The molecule has 0 aliphatic carbocycles. The number of allylic oxidation sites excluding steroid dienone is 1. The molecule has 17 heavy (non-hydrogen) atoms. The van der Waals surface area contributed by atoms with E-state index < -0.39 is 0 Å². The van der Waals surface area contributed by atoms with Gasteiger partial charge in [-0.2, -0.15) is 5.10 Å². The van der Waals surface area contributed by atoms with Crippen molar-refractivity contribution in [2.45, 2.75) is 41.0 Å². The highest BCUT2D eigenvalue weighted by atomic mass is 16.5. The number of rotatable bonds is 7. The lowest BCUT2D eigenvalue weighted by Gasteiger charge is -2.06. The number of hydrogen-bond acceptors (Lipinski definition) is 4. The van der Waals surface area contributed by atoms with Crippen molar-refractivity contribution in [2.24, 2.45) is 11.0 Å². The molecular weight excluding hydrogens is 216 g/mol. The second kappa shape index (κ2) is 8.79. The highest BCUT2D eigenvalue weighted by Gasteiger charge is 2.09. The minimum absolute atomic E-state index is 0.329. The Kier molecular flexibility index (Phi) is 8.11. The maximum atomic E-state index is 11.6. The number of hydrogen-bond donors (Lipinski definition) is 1. The first kappa shape index (κ1) is 15.7. The summed E-state index contributed by atoms with van der Waals surface area (Å²) in [6.07, 6.45) is 2.74. The Morgan fingerprint density at radius 1 is 1.41 bits per heavy atom. The topological polar surface area (TPSA) is 50.7 Å². The molecule has 0 saturated heterocycles. The highest BCUT2D eigenvalue weighted by Crippen LogP contribution is 1.97. The van der Waals surface area contributed by atoms with Crippen LogP contribution in [-0.2, 0) is 9.53 Å². The molecule has 0 atom stereocenters. The summed E-state index contributed by atoms with van der Waals surface area (Å²) in [6.45, 7) is 11.0. The maximum Gasteiger partial charge on any atom is 0.358 e. The molecule has 0 unspecified atom stereocenters. The van der Waals surface area contributed by atoms with E-state index >= 15 is 0 Å². The van der Waals surface area contributed by atoms with E-state index in [4.69, 9.17) is 4.74 Å². The minimum Gasteiger partial charge on any atom is -0.461 e. The number of hydrazone groups is 1. The third-order valence-electron chi connectivity index (χ3n) is 1.94. The maximum absolute atomic E-state index is 11.6. The van der Waals surface area contributed by atoms with Gasteiger partial charge in [0.15, 0.2) is 5.71 Å². The van der Waals surface area contributed by atoms with E-state index in [1.54, 1.807) is 13.0 Å². The van der Waals surface area contributed by atoms with Gasteiger partial charge in [0.05, 0.1) is 6.61 Å². The number of ether oxygens (including phenoxy) is 1. The molecule has 0 aromatic rings.